The number of carbonyl (C=O) groups excluding carboxylic acids is 1. The second kappa shape index (κ2) is 10.2. The van der Waals surface area contributed by atoms with E-state index in [0.717, 1.165) is 16.7 Å². The van der Waals surface area contributed by atoms with Crippen molar-refractivity contribution >= 4 is 5.91 Å². The topological polar surface area (TPSA) is 129 Å². The third-order valence-corrected chi connectivity index (χ3v) is 7.44. The van der Waals surface area contributed by atoms with E-state index >= 15 is 0 Å². The maximum atomic E-state index is 11.7. The van der Waals surface area contributed by atoms with Gasteiger partial charge in [0, 0.05) is 0 Å². The molecule has 4 aromatic rings. The van der Waals surface area contributed by atoms with E-state index in [1.165, 1.54) is 0 Å². The number of nitrogens with zero attached hydrogens (tertiary/aromatic N) is 1. The van der Waals surface area contributed by atoms with Crippen LogP contribution in [0.2, 0.25) is 0 Å². The van der Waals surface area contributed by atoms with E-state index in [9.17, 15) is 9.90 Å². The molecule has 9 heteroatoms. The SMILES string of the molecule is CC1(C)O[C@@H]2[C@H](O1)[C@@H](c1n[nH]c(C(N)=O)c1O)O[C@H]2COC(c1ccccc1)(c1ccccc1)c1ccccc1. The largest absolute Gasteiger partial charge is 0.504 e. The Kier molecular flexibility index (Phi) is 6.67. The van der Waals surface area contributed by atoms with E-state index in [-0.39, 0.29) is 23.7 Å². The van der Waals surface area contributed by atoms with Crippen molar-refractivity contribution in [3.63, 3.8) is 0 Å². The second-order valence-electron chi connectivity index (χ2n) is 10.4. The number of aromatic nitrogens is 2. The molecule has 0 radical (unpaired) electrons. The molecule has 1 aromatic heterocycles. The van der Waals surface area contributed by atoms with Crippen LogP contribution in [0, 0.1) is 0 Å². The molecule has 4 N–H and O–H groups in total. The highest BCUT2D eigenvalue weighted by Gasteiger charge is 2.57. The molecule has 0 aliphatic carbocycles. The van der Waals surface area contributed by atoms with E-state index in [1.807, 2.05) is 105 Å². The first-order valence-corrected chi connectivity index (χ1v) is 13.2. The number of hydrogen-bond acceptors (Lipinski definition) is 7. The third kappa shape index (κ3) is 4.47. The van der Waals surface area contributed by atoms with Crippen molar-refractivity contribution in [3.8, 4) is 5.75 Å². The molecule has 0 bridgehead atoms. The lowest BCUT2D eigenvalue weighted by Gasteiger charge is -2.37. The van der Waals surface area contributed by atoms with Gasteiger partial charge in [-0.3, -0.25) is 9.89 Å². The maximum absolute atomic E-state index is 11.7. The first-order chi connectivity index (χ1) is 19.3. The number of ether oxygens (including phenoxy) is 4. The minimum atomic E-state index is -0.955. The third-order valence-electron chi connectivity index (χ3n) is 7.44. The van der Waals surface area contributed by atoms with Crippen LogP contribution in [0.3, 0.4) is 0 Å². The van der Waals surface area contributed by atoms with Gasteiger partial charge < -0.3 is 29.8 Å². The van der Waals surface area contributed by atoms with Crippen molar-refractivity contribution in [3.05, 3.63) is 119 Å². The van der Waals surface area contributed by atoms with Crippen LogP contribution in [-0.2, 0) is 24.5 Å². The van der Waals surface area contributed by atoms with Crippen LogP contribution in [-0.4, -0.2) is 51.9 Å². The summed E-state index contributed by atoms with van der Waals surface area (Å²) < 4.78 is 25.9. The number of hydrogen-bond donors (Lipinski definition) is 3. The Morgan fingerprint density at radius 3 is 1.90 bits per heavy atom. The lowest BCUT2D eigenvalue weighted by molar-refractivity contribution is -0.196. The van der Waals surface area contributed by atoms with E-state index in [2.05, 4.69) is 10.2 Å². The molecule has 2 aliphatic rings. The van der Waals surface area contributed by atoms with E-state index in [4.69, 9.17) is 24.7 Å². The summed E-state index contributed by atoms with van der Waals surface area (Å²) >= 11 is 0. The molecule has 2 fully saturated rings. The summed E-state index contributed by atoms with van der Waals surface area (Å²) in [6.07, 6.45) is -2.52. The van der Waals surface area contributed by atoms with Crippen molar-refractivity contribution < 1.29 is 28.8 Å². The summed E-state index contributed by atoms with van der Waals surface area (Å²) in [5.41, 5.74) is 7.24. The molecule has 206 valence electrons. The molecule has 1 amide bonds. The number of aromatic hydroxyl groups is 1. The van der Waals surface area contributed by atoms with E-state index < -0.39 is 41.7 Å². The Morgan fingerprint density at radius 2 is 1.43 bits per heavy atom. The number of nitrogens with one attached hydrogen (secondary N) is 1. The number of benzene rings is 3. The second-order valence-corrected chi connectivity index (χ2v) is 10.4. The van der Waals surface area contributed by atoms with Crippen LogP contribution < -0.4 is 5.73 Å². The Balaban J connectivity index is 1.39. The summed E-state index contributed by atoms with van der Waals surface area (Å²) in [5, 5.41) is 17.3. The van der Waals surface area contributed by atoms with Gasteiger partial charge in [-0.2, -0.15) is 5.10 Å². The quantitative estimate of drug-likeness (QED) is 0.285. The highest BCUT2D eigenvalue weighted by molar-refractivity contribution is 5.93. The van der Waals surface area contributed by atoms with E-state index in [1.54, 1.807) is 0 Å². The van der Waals surface area contributed by atoms with Gasteiger partial charge in [-0.05, 0) is 30.5 Å². The number of aromatic amines is 1. The number of amides is 1. The van der Waals surface area contributed by atoms with Crippen molar-refractivity contribution in [1.82, 2.24) is 10.2 Å². The van der Waals surface area contributed by atoms with Crippen molar-refractivity contribution in [2.24, 2.45) is 5.73 Å². The van der Waals surface area contributed by atoms with Gasteiger partial charge in [0.1, 0.15) is 35.7 Å². The van der Waals surface area contributed by atoms with Crippen LogP contribution >= 0.6 is 0 Å². The van der Waals surface area contributed by atoms with Gasteiger partial charge in [-0.15, -0.1) is 0 Å². The zero-order chi connectivity index (χ0) is 27.9. The lowest BCUT2D eigenvalue weighted by Crippen LogP contribution is -2.39. The molecule has 4 atom stereocenters. The molecular formula is C31H31N3O6. The summed E-state index contributed by atoms with van der Waals surface area (Å²) in [5.74, 6) is -2.09. The van der Waals surface area contributed by atoms with Crippen molar-refractivity contribution in [1.29, 1.82) is 0 Å². The summed E-state index contributed by atoms with van der Waals surface area (Å²) in [7, 11) is 0. The Labute approximate surface area is 231 Å². The minimum Gasteiger partial charge on any atom is -0.504 e. The summed E-state index contributed by atoms with van der Waals surface area (Å²) in [6.45, 7) is 3.77. The summed E-state index contributed by atoms with van der Waals surface area (Å²) in [4.78, 5) is 11.7. The first-order valence-electron chi connectivity index (χ1n) is 13.2. The average molecular weight is 542 g/mol. The van der Waals surface area contributed by atoms with Gasteiger partial charge in [-0.25, -0.2) is 0 Å². The number of H-pyrrole nitrogens is 1. The predicted molar refractivity (Wildman–Crippen MR) is 145 cm³/mol. The average Bonchev–Trinajstić information content (AvgIpc) is 3.61. The Morgan fingerprint density at radius 1 is 0.925 bits per heavy atom. The highest BCUT2D eigenvalue weighted by atomic mass is 16.8. The lowest BCUT2D eigenvalue weighted by atomic mass is 9.80. The summed E-state index contributed by atoms with van der Waals surface area (Å²) in [6, 6.07) is 30.2. The van der Waals surface area contributed by atoms with Gasteiger partial charge >= 0.3 is 0 Å². The van der Waals surface area contributed by atoms with Crippen molar-refractivity contribution in [2.45, 2.75) is 49.7 Å². The normalized spacial score (nSPS) is 23.6. The highest BCUT2D eigenvalue weighted by Crippen LogP contribution is 2.48. The molecule has 2 saturated heterocycles. The molecule has 6 rings (SSSR count). The zero-order valence-corrected chi connectivity index (χ0v) is 22.2. The van der Waals surface area contributed by atoms with Crippen LogP contribution in [0.1, 0.15) is 52.8 Å². The first kappa shape index (κ1) is 26.2. The van der Waals surface area contributed by atoms with E-state index in [0.29, 0.717) is 0 Å². The Bertz CT molecular complexity index is 1380. The number of nitrogens with two attached hydrogens (primary N) is 1. The molecular weight excluding hydrogens is 510 g/mol. The molecule has 3 aromatic carbocycles. The molecule has 9 nitrogen and oxygen atoms in total. The predicted octanol–water partition coefficient (Wildman–Crippen LogP) is 4.18. The van der Waals surface area contributed by atoms with Crippen LogP contribution in [0.4, 0.5) is 0 Å². The Hall–Kier alpha value is -4.02. The van der Waals surface area contributed by atoms with Gasteiger partial charge in [0.15, 0.2) is 17.2 Å². The minimum absolute atomic E-state index is 0.129. The zero-order valence-electron chi connectivity index (χ0n) is 22.2. The van der Waals surface area contributed by atoms with Gasteiger partial charge in [0.2, 0.25) is 0 Å². The van der Waals surface area contributed by atoms with Gasteiger partial charge in [-0.1, -0.05) is 91.0 Å². The van der Waals surface area contributed by atoms with Crippen LogP contribution in [0.25, 0.3) is 0 Å². The molecule has 3 heterocycles. The van der Waals surface area contributed by atoms with Crippen molar-refractivity contribution in [2.75, 3.05) is 6.61 Å². The fraction of sp³-hybridized carbons (Fsp3) is 0.290. The monoisotopic (exact) mass is 541 g/mol. The molecule has 0 unspecified atom stereocenters. The van der Waals surface area contributed by atoms with Crippen LogP contribution in [0.5, 0.6) is 5.75 Å². The molecule has 2 aliphatic heterocycles. The number of carbonyl (C=O) groups is 1. The molecule has 0 spiro atoms. The smallest absolute Gasteiger partial charge is 0.270 e. The number of primary amides is 1. The molecule has 40 heavy (non-hydrogen) atoms. The maximum Gasteiger partial charge on any atom is 0.270 e. The van der Waals surface area contributed by atoms with Gasteiger partial charge in [0.05, 0.1) is 6.61 Å². The fourth-order valence-electron chi connectivity index (χ4n) is 5.73. The van der Waals surface area contributed by atoms with Gasteiger partial charge in [0.25, 0.3) is 5.91 Å². The number of fused-ring (bicyclic) bond motifs is 1. The fourth-order valence-corrected chi connectivity index (χ4v) is 5.73. The molecule has 0 saturated carbocycles. The van der Waals surface area contributed by atoms with Crippen LogP contribution in [0.15, 0.2) is 91.0 Å². The number of rotatable bonds is 8. The standard InChI is InChI=1S/C31H31N3O6/c1-30(2)39-26-22(38-27(28(26)40-30)23-25(35)24(29(32)36)34-33-23)18-37-31(19-12-6-3-7-13-19,20-14-8-4-9-15-20)21-16-10-5-11-17-21/h3-17,22,26-28,35H,18H2,1-2H3,(H2,32,36)(H,33,34)/t22-,26-,27+,28-/m0/s1.